The first-order valence-corrected chi connectivity index (χ1v) is 19.6. The zero-order valence-electron chi connectivity index (χ0n) is 31.2. The van der Waals surface area contributed by atoms with Crippen molar-refractivity contribution in [2.75, 3.05) is 26.9 Å². The number of fused-ring (bicyclic) bond motifs is 2. The Morgan fingerprint density at radius 2 is 1.57 bits per heavy atom. The Morgan fingerprint density at radius 3 is 2.23 bits per heavy atom. The highest BCUT2D eigenvalue weighted by atomic mass is 35.5. The first kappa shape index (κ1) is 39.3. The van der Waals surface area contributed by atoms with Crippen molar-refractivity contribution in [1.82, 2.24) is 9.80 Å². The summed E-state index contributed by atoms with van der Waals surface area (Å²) in [6.45, 7) is 9.15. The van der Waals surface area contributed by atoms with Gasteiger partial charge in [-0.25, -0.2) is 4.79 Å². The maximum Gasteiger partial charge on any atom is 0.411 e. The van der Waals surface area contributed by atoms with Gasteiger partial charge in [0.15, 0.2) is 5.75 Å². The third kappa shape index (κ3) is 9.63. The minimum Gasteiger partial charge on any atom is -0.490 e. The Bertz CT molecular complexity index is 1810. The zero-order valence-corrected chi connectivity index (χ0v) is 33.5. The molecule has 8 nitrogen and oxygen atoms in total. The summed E-state index contributed by atoms with van der Waals surface area (Å²) in [4.78, 5) is 32.5. The molecule has 2 aliphatic heterocycles. The number of carbonyl (C=O) groups excluding carboxylic acids is 2. The summed E-state index contributed by atoms with van der Waals surface area (Å²) in [5, 5.41) is 1.55. The Kier molecular flexibility index (Phi) is 12.5. The molecule has 1 aliphatic carbocycles. The Labute approximate surface area is 328 Å². The first-order valence-electron chi connectivity index (χ1n) is 18.5. The number of amides is 2. The van der Waals surface area contributed by atoms with Gasteiger partial charge in [0.05, 0.1) is 16.1 Å². The number of carbonyl (C=O) groups is 2. The lowest BCUT2D eigenvalue weighted by molar-refractivity contribution is -0.129. The molecule has 3 aromatic carbocycles. The number of hydrogen-bond acceptors (Lipinski definition) is 6. The van der Waals surface area contributed by atoms with Crippen LogP contribution in [0.15, 0.2) is 60.2 Å². The van der Waals surface area contributed by atoms with Crippen molar-refractivity contribution in [2.45, 2.75) is 103 Å². The lowest BCUT2D eigenvalue weighted by Gasteiger charge is -2.39. The van der Waals surface area contributed by atoms with Crippen LogP contribution >= 0.6 is 34.8 Å². The standard InChI is InChI=1S/C42H49Cl3N2O6/c1-26-21-35(44)39(36(45)22-26)52-20-19-51-32-14-9-28(10-15-32)33-24-31-13-17-37(47(31)41(49)53-42(2,3)4)38(33)40(48)46(30-11-12-30)25-29-23-27(7-6-18-50-5)8-16-34(29)43/h8-10,14-16,21-23,30-31,37H,6-7,11-13,17-20,24-25H2,1-5H3. The lowest BCUT2D eigenvalue weighted by Crippen LogP contribution is -2.50. The fourth-order valence-corrected chi connectivity index (χ4v) is 8.23. The number of nitrogens with zero attached hydrogens (tertiary/aromatic N) is 2. The van der Waals surface area contributed by atoms with Crippen molar-refractivity contribution in [3.63, 3.8) is 0 Å². The lowest BCUT2D eigenvalue weighted by atomic mass is 9.87. The van der Waals surface area contributed by atoms with Gasteiger partial charge in [-0.3, -0.25) is 9.69 Å². The SMILES string of the molecule is COCCCc1ccc(Cl)c(CN(C(=O)C2=C(c3ccc(OCCOc4c(Cl)cc(C)cc4Cl)cc3)CC3CCC2N3C(=O)OC(C)(C)C)C2CC2)c1. The summed E-state index contributed by atoms with van der Waals surface area (Å²) in [7, 11) is 1.71. The molecule has 3 aliphatic rings. The average Bonchev–Trinajstić information content (AvgIpc) is 3.89. The van der Waals surface area contributed by atoms with Gasteiger partial charge in [0.1, 0.15) is 24.6 Å². The molecule has 1 saturated carbocycles. The average molecular weight is 784 g/mol. The van der Waals surface area contributed by atoms with Gasteiger partial charge in [0.2, 0.25) is 0 Å². The van der Waals surface area contributed by atoms with Crippen LogP contribution in [0.4, 0.5) is 4.79 Å². The van der Waals surface area contributed by atoms with Crippen molar-refractivity contribution in [2.24, 2.45) is 0 Å². The Morgan fingerprint density at radius 1 is 0.868 bits per heavy atom. The molecule has 53 heavy (non-hydrogen) atoms. The quantitative estimate of drug-likeness (QED) is 0.152. The number of aryl methyl sites for hydroxylation is 2. The van der Waals surface area contributed by atoms with Crippen LogP contribution in [0.3, 0.4) is 0 Å². The van der Waals surface area contributed by atoms with Crippen LogP contribution in [0.25, 0.3) is 5.57 Å². The van der Waals surface area contributed by atoms with Gasteiger partial charge in [-0.05, 0) is 131 Å². The van der Waals surface area contributed by atoms with E-state index in [0.717, 1.165) is 59.9 Å². The van der Waals surface area contributed by atoms with Crippen molar-refractivity contribution in [3.05, 3.63) is 97.5 Å². The van der Waals surface area contributed by atoms with Gasteiger partial charge in [-0.2, -0.15) is 0 Å². The number of rotatable bonds is 14. The topological polar surface area (TPSA) is 77.5 Å². The van der Waals surface area contributed by atoms with E-state index < -0.39 is 11.6 Å². The van der Waals surface area contributed by atoms with Crippen molar-refractivity contribution >= 4 is 52.4 Å². The van der Waals surface area contributed by atoms with Gasteiger partial charge in [0, 0.05) is 42.9 Å². The summed E-state index contributed by atoms with van der Waals surface area (Å²) in [6, 6.07) is 17.2. The highest BCUT2D eigenvalue weighted by Gasteiger charge is 2.49. The normalized spacial score (nSPS) is 18.3. The highest BCUT2D eigenvalue weighted by molar-refractivity contribution is 6.37. The van der Waals surface area contributed by atoms with Gasteiger partial charge in [0.25, 0.3) is 5.91 Å². The van der Waals surface area contributed by atoms with Crippen LogP contribution in [0, 0.1) is 6.92 Å². The van der Waals surface area contributed by atoms with Gasteiger partial charge in [-0.1, -0.05) is 59.1 Å². The third-order valence-electron chi connectivity index (χ3n) is 9.89. The Hall–Kier alpha value is -3.43. The second kappa shape index (κ2) is 16.9. The molecule has 11 heteroatoms. The predicted octanol–water partition coefficient (Wildman–Crippen LogP) is 10.1. The molecule has 2 amide bonds. The van der Waals surface area contributed by atoms with Crippen LogP contribution in [0.1, 0.15) is 81.5 Å². The number of methoxy groups -OCH3 is 1. The molecule has 1 saturated heterocycles. The molecule has 2 heterocycles. The second-order valence-electron chi connectivity index (χ2n) is 15.2. The number of benzene rings is 3. The number of ether oxygens (including phenoxy) is 4. The Balaban J connectivity index is 1.26. The summed E-state index contributed by atoms with van der Waals surface area (Å²) in [6.07, 6.45) is 5.29. The van der Waals surface area contributed by atoms with Gasteiger partial charge >= 0.3 is 6.09 Å². The molecule has 2 fully saturated rings. The molecule has 284 valence electrons. The molecular formula is C42H49Cl3N2O6. The van der Waals surface area contributed by atoms with E-state index in [1.165, 1.54) is 0 Å². The molecule has 0 spiro atoms. The summed E-state index contributed by atoms with van der Waals surface area (Å²) in [5.41, 5.74) is 4.94. The fourth-order valence-electron chi connectivity index (χ4n) is 7.35. The molecule has 6 rings (SSSR count). The van der Waals surface area contributed by atoms with Crippen LogP contribution in [-0.2, 0) is 27.2 Å². The summed E-state index contributed by atoms with van der Waals surface area (Å²) in [5.74, 6) is 1.06. The van der Waals surface area contributed by atoms with E-state index in [-0.39, 0.29) is 37.3 Å². The van der Waals surface area contributed by atoms with Crippen molar-refractivity contribution in [1.29, 1.82) is 0 Å². The van der Waals surface area contributed by atoms with E-state index in [1.54, 1.807) is 7.11 Å². The molecule has 3 aromatic rings. The van der Waals surface area contributed by atoms with E-state index in [9.17, 15) is 4.79 Å². The van der Waals surface area contributed by atoms with E-state index >= 15 is 4.79 Å². The molecule has 0 radical (unpaired) electrons. The van der Waals surface area contributed by atoms with Crippen LogP contribution < -0.4 is 9.47 Å². The largest absolute Gasteiger partial charge is 0.490 e. The molecule has 2 atom stereocenters. The van der Waals surface area contributed by atoms with E-state index in [4.69, 9.17) is 53.8 Å². The fraction of sp³-hybridized carbons (Fsp3) is 0.476. The van der Waals surface area contributed by atoms with E-state index in [1.807, 2.05) is 86.0 Å². The smallest absolute Gasteiger partial charge is 0.411 e. The van der Waals surface area contributed by atoms with Gasteiger partial charge in [-0.15, -0.1) is 0 Å². The van der Waals surface area contributed by atoms with Crippen molar-refractivity contribution < 1.29 is 28.5 Å². The minimum atomic E-state index is -0.657. The summed E-state index contributed by atoms with van der Waals surface area (Å²) < 4.78 is 23.0. The molecule has 2 unspecified atom stereocenters. The number of hydrogen-bond donors (Lipinski definition) is 0. The zero-order chi connectivity index (χ0) is 37.9. The first-order chi connectivity index (χ1) is 25.3. The van der Waals surface area contributed by atoms with Crippen LogP contribution in [-0.4, -0.2) is 72.5 Å². The summed E-state index contributed by atoms with van der Waals surface area (Å²) >= 11 is 19.4. The highest BCUT2D eigenvalue weighted by Crippen LogP contribution is 2.46. The molecule has 2 bridgehead atoms. The molecule has 0 aromatic heterocycles. The van der Waals surface area contributed by atoms with E-state index in [0.29, 0.717) is 58.1 Å². The minimum absolute atomic E-state index is 0.0480. The predicted molar refractivity (Wildman–Crippen MR) is 210 cm³/mol. The van der Waals surface area contributed by atoms with Crippen LogP contribution in [0.5, 0.6) is 11.5 Å². The van der Waals surface area contributed by atoms with E-state index in [2.05, 4.69) is 6.07 Å². The molecule has 0 N–H and O–H groups in total. The molecular weight excluding hydrogens is 735 g/mol. The van der Waals surface area contributed by atoms with Crippen LogP contribution in [0.2, 0.25) is 15.1 Å². The maximum atomic E-state index is 15.0. The monoisotopic (exact) mass is 782 g/mol. The van der Waals surface area contributed by atoms with Gasteiger partial charge < -0.3 is 23.8 Å². The maximum absolute atomic E-state index is 15.0. The van der Waals surface area contributed by atoms with Crippen molar-refractivity contribution in [3.8, 4) is 11.5 Å². The third-order valence-corrected chi connectivity index (χ3v) is 10.8. The number of halogens is 3. The second-order valence-corrected chi connectivity index (χ2v) is 16.4.